The molecular weight excluding hydrogens is 124 g/mol. The SMILES string of the molecule is [2H]C(CCN)N1C([2H])([2H])C([2H])([2H])C([2H])([2H])C([2H])([2H])C1([2H])[2H]. The third-order valence-corrected chi connectivity index (χ3v) is 0.956. The van der Waals surface area contributed by atoms with Crippen molar-refractivity contribution in [1.82, 2.24) is 4.90 Å². The first-order chi connectivity index (χ1) is 9.10. The summed E-state index contributed by atoms with van der Waals surface area (Å²) >= 11 is 0. The monoisotopic (exact) mass is 153 g/mol. The molecule has 0 saturated carbocycles. The summed E-state index contributed by atoms with van der Waals surface area (Å²) in [7, 11) is 0. The van der Waals surface area contributed by atoms with Crippen LogP contribution in [0.3, 0.4) is 0 Å². The second-order valence-electron chi connectivity index (χ2n) is 1.73. The maximum Gasteiger partial charge on any atom is 0.0431 e. The van der Waals surface area contributed by atoms with Gasteiger partial charge in [0.25, 0.3) is 0 Å². The predicted octanol–water partition coefficient (Wildman–Crippen LogP) is 0.821. The molecule has 0 aliphatic carbocycles. The Morgan fingerprint density at radius 3 is 2.70 bits per heavy atom. The minimum atomic E-state index is -3.44. The maximum absolute atomic E-state index is 7.79. The lowest BCUT2D eigenvalue weighted by Crippen LogP contribution is -2.31. The third-order valence-electron chi connectivity index (χ3n) is 0.956. The minimum Gasteiger partial charge on any atom is -0.330 e. The quantitative estimate of drug-likeness (QED) is 0.650. The Hall–Kier alpha value is -0.0800. The average Bonchev–Trinajstić information content (AvgIpc) is 2.26. The summed E-state index contributed by atoms with van der Waals surface area (Å²) in [6.45, 7) is -8.21. The van der Waals surface area contributed by atoms with Crippen molar-refractivity contribution in [3.8, 4) is 0 Å². The summed E-state index contributed by atoms with van der Waals surface area (Å²) in [5, 5.41) is 0. The van der Waals surface area contributed by atoms with Gasteiger partial charge >= 0.3 is 0 Å². The Morgan fingerprint density at radius 1 is 1.40 bits per heavy atom. The number of likely N-dealkylation sites (tertiary alicyclic amines) is 1. The van der Waals surface area contributed by atoms with Crippen LogP contribution in [0, 0.1) is 0 Å². The van der Waals surface area contributed by atoms with Gasteiger partial charge in [0.1, 0.15) is 0 Å². The van der Waals surface area contributed by atoms with E-state index in [-0.39, 0.29) is 17.9 Å². The van der Waals surface area contributed by atoms with Gasteiger partial charge in [-0.1, -0.05) is 6.37 Å². The largest absolute Gasteiger partial charge is 0.330 e. The molecule has 1 atom stereocenters. The normalized spacial score (nSPS) is 65.9. The van der Waals surface area contributed by atoms with Crippen molar-refractivity contribution in [2.45, 2.75) is 25.5 Å². The smallest absolute Gasteiger partial charge is 0.0431 e. The van der Waals surface area contributed by atoms with Crippen LogP contribution in [0.25, 0.3) is 0 Å². The fourth-order valence-corrected chi connectivity index (χ4v) is 0.530. The Kier molecular flexibility index (Phi) is 0.846. The van der Waals surface area contributed by atoms with Crippen LogP contribution in [0.1, 0.15) is 40.6 Å². The maximum atomic E-state index is 7.79. The van der Waals surface area contributed by atoms with Crippen molar-refractivity contribution >= 4 is 0 Å². The molecule has 1 heterocycles. The highest BCUT2D eigenvalue weighted by Crippen LogP contribution is 2.07. The average molecular weight is 153 g/mol. The fourth-order valence-electron chi connectivity index (χ4n) is 0.530. The molecule has 0 aromatic heterocycles. The van der Waals surface area contributed by atoms with Gasteiger partial charge in [0.15, 0.2) is 0 Å². The van der Waals surface area contributed by atoms with E-state index in [1.165, 1.54) is 0 Å². The Labute approximate surface area is 78.8 Å². The third kappa shape index (κ3) is 2.67. The van der Waals surface area contributed by atoms with E-state index in [2.05, 4.69) is 0 Å². The van der Waals surface area contributed by atoms with E-state index in [0.717, 1.165) is 0 Å². The zero-order chi connectivity index (χ0) is 17.1. The molecule has 1 unspecified atom stereocenters. The summed E-state index contributed by atoms with van der Waals surface area (Å²) in [6, 6.07) is 0. The molecule has 10 heavy (non-hydrogen) atoms. The minimum absolute atomic E-state index is 0.101. The molecule has 0 aromatic carbocycles. The molecular formula is C8H18N2. The van der Waals surface area contributed by atoms with E-state index >= 15 is 0 Å². The molecule has 1 aliphatic heterocycles. The highest BCUT2D eigenvalue weighted by atomic mass is 15.1. The second kappa shape index (κ2) is 4.69. The summed E-state index contributed by atoms with van der Waals surface area (Å²) < 4.78 is 84.8. The molecule has 0 radical (unpaired) electrons. The number of nitrogens with two attached hydrogens (primary N) is 1. The van der Waals surface area contributed by atoms with Crippen molar-refractivity contribution in [2.75, 3.05) is 26.1 Å². The topological polar surface area (TPSA) is 29.3 Å². The molecule has 0 spiro atoms. The Morgan fingerprint density at radius 2 is 2.10 bits per heavy atom. The molecule has 0 amide bonds. The number of piperidine rings is 1. The van der Waals surface area contributed by atoms with E-state index < -0.39 is 38.6 Å². The highest BCUT2D eigenvalue weighted by Gasteiger charge is 2.07. The number of hydrogen-bond donors (Lipinski definition) is 1. The summed E-state index contributed by atoms with van der Waals surface area (Å²) in [4.78, 5) is 0.105. The van der Waals surface area contributed by atoms with E-state index in [1.54, 1.807) is 0 Å². The molecule has 2 heteroatoms. The van der Waals surface area contributed by atoms with Crippen LogP contribution < -0.4 is 5.73 Å². The highest BCUT2D eigenvalue weighted by molar-refractivity contribution is 4.63. The van der Waals surface area contributed by atoms with Crippen LogP contribution in [0.15, 0.2) is 0 Å². The molecule has 0 aromatic rings. The predicted molar refractivity (Wildman–Crippen MR) is 44.0 cm³/mol. The molecule has 1 aliphatic rings. The van der Waals surface area contributed by atoms with Crippen molar-refractivity contribution in [3.63, 3.8) is 0 Å². The van der Waals surface area contributed by atoms with Gasteiger partial charge in [-0.25, -0.2) is 0 Å². The van der Waals surface area contributed by atoms with Crippen molar-refractivity contribution in [1.29, 1.82) is 0 Å². The van der Waals surface area contributed by atoms with E-state index in [0.29, 0.717) is 0 Å². The number of nitrogens with zero attached hydrogens (tertiary/aromatic N) is 1. The standard InChI is InChI=1S/C8H18N2/c9-5-4-8-10-6-2-1-3-7-10/h1-9H2/i1D2,2D2,3D2,6D2,7D2,8D. The van der Waals surface area contributed by atoms with Gasteiger partial charge in [0.05, 0.1) is 0 Å². The van der Waals surface area contributed by atoms with E-state index in [4.69, 9.17) is 20.8 Å². The lowest BCUT2D eigenvalue weighted by Gasteiger charge is -2.25. The summed E-state index contributed by atoms with van der Waals surface area (Å²) in [5.74, 6) is 0. The van der Waals surface area contributed by atoms with Crippen molar-refractivity contribution in [2.24, 2.45) is 5.73 Å². The van der Waals surface area contributed by atoms with E-state index in [1.807, 2.05) is 0 Å². The molecule has 60 valence electrons. The van der Waals surface area contributed by atoms with Crippen LogP contribution in [0.4, 0.5) is 0 Å². The lowest BCUT2D eigenvalue weighted by atomic mass is 10.1. The first kappa shape index (κ1) is 1.80. The molecule has 1 rings (SSSR count). The van der Waals surface area contributed by atoms with Crippen LogP contribution in [0.5, 0.6) is 0 Å². The van der Waals surface area contributed by atoms with Gasteiger partial charge in [-0.2, -0.15) is 0 Å². The number of rotatable bonds is 3. The molecule has 1 fully saturated rings. The van der Waals surface area contributed by atoms with E-state index in [9.17, 15) is 0 Å². The van der Waals surface area contributed by atoms with Gasteiger partial charge in [0.2, 0.25) is 0 Å². The van der Waals surface area contributed by atoms with Gasteiger partial charge in [-0.05, 0) is 45.2 Å². The lowest BCUT2D eigenvalue weighted by molar-refractivity contribution is 0.227. The van der Waals surface area contributed by atoms with Crippen molar-refractivity contribution < 1.29 is 15.1 Å². The first-order valence-corrected chi connectivity index (χ1v) is 3.02. The first-order valence-electron chi connectivity index (χ1n) is 8.60. The summed E-state index contributed by atoms with van der Waals surface area (Å²) in [6.07, 6.45) is -10.4. The van der Waals surface area contributed by atoms with Crippen LogP contribution in [-0.2, 0) is 0 Å². The van der Waals surface area contributed by atoms with Crippen LogP contribution >= 0.6 is 0 Å². The molecule has 0 bridgehead atoms. The molecule has 2 nitrogen and oxygen atoms in total. The van der Waals surface area contributed by atoms with Gasteiger partial charge in [-0.15, -0.1) is 0 Å². The van der Waals surface area contributed by atoms with Gasteiger partial charge < -0.3 is 10.6 Å². The second-order valence-corrected chi connectivity index (χ2v) is 1.73. The molecule has 2 N–H and O–H groups in total. The fraction of sp³-hybridized carbons (Fsp3) is 1.00. The van der Waals surface area contributed by atoms with Gasteiger partial charge in [0, 0.05) is 15.1 Å². The Balaban J connectivity index is 3.58. The summed E-state index contributed by atoms with van der Waals surface area (Å²) in [5.41, 5.74) is 5.25. The van der Waals surface area contributed by atoms with Crippen molar-refractivity contribution in [3.05, 3.63) is 0 Å². The number of hydrogen-bond acceptors (Lipinski definition) is 2. The molecule has 1 saturated heterocycles. The van der Waals surface area contributed by atoms with Gasteiger partial charge in [-0.3, -0.25) is 0 Å². The zero-order valence-corrected chi connectivity index (χ0v) is 5.52. The zero-order valence-electron chi connectivity index (χ0n) is 16.5. The Bertz CT molecular complexity index is 377. The van der Waals surface area contributed by atoms with Crippen LogP contribution in [0.2, 0.25) is 0 Å². The van der Waals surface area contributed by atoms with Crippen LogP contribution in [-0.4, -0.2) is 31.0 Å².